The third kappa shape index (κ3) is 3.96. The third-order valence-electron chi connectivity index (χ3n) is 3.65. The molecule has 1 amide bonds. The Kier molecular flexibility index (Phi) is 4.87. The van der Waals surface area contributed by atoms with Crippen LogP contribution < -0.4 is 10.2 Å². The summed E-state index contributed by atoms with van der Waals surface area (Å²) in [6.45, 7) is 2.72. The van der Waals surface area contributed by atoms with Crippen LogP contribution in [0.2, 0.25) is 0 Å². The van der Waals surface area contributed by atoms with Crippen LogP contribution in [0.15, 0.2) is 42.5 Å². The number of hydrogen-bond acceptors (Lipinski definition) is 3. The van der Waals surface area contributed by atoms with E-state index in [1.54, 1.807) is 23.5 Å². The van der Waals surface area contributed by atoms with Crippen LogP contribution in [-0.4, -0.2) is 24.5 Å². The van der Waals surface area contributed by atoms with Crippen molar-refractivity contribution in [2.24, 2.45) is 0 Å². The van der Waals surface area contributed by atoms with E-state index in [9.17, 15) is 9.18 Å². The van der Waals surface area contributed by atoms with E-state index in [1.807, 2.05) is 38.2 Å². The molecule has 2 N–H and O–H groups in total. The monoisotopic (exact) mass is 344 g/mol. The summed E-state index contributed by atoms with van der Waals surface area (Å²) in [6.07, 6.45) is 0. The van der Waals surface area contributed by atoms with Gasteiger partial charge in [-0.05, 0) is 36.8 Å². The van der Waals surface area contributed by atoms with Crippen molar-refractivity contribution in [2.75, 3.05) is 18.9 Å². The molecule has 0 aliphatic rings. The molecular formula is C18H19FN3OS+. The number of carbonyl (C=O) groups excluding carboxylic acids is 1. The van der Waals surface area contributed by atoms with Gasteiger partial charge in [0.2, 0.25) is 0 Å². The lowest BCUT2D eigenvalue weighted by molar-refractivity contribution is -0.885. The summed E-state index contributed by atoms with van der Waals surface area (Å²) < 4.78 is 14.9. The van der Waals surface area contributed by atoms with Crippen molar-refractivity contribution in [1.82, 2.24) is 4.98 Å². The van der Waals surface area contributed by atoms with E-state index in [1.165, 1.54) is 6.07 Å². The lowest BCUT2D eigenvalue weighted by Gasteiger charge is -2.12. The highest BCUT2D eigenvalue weighted by Crippen LogP contribution is 2.20. The maximum atomic E-state index is 13.8. The molecule has 3 rings (SSSR count). The molecule has 0 fully saturated rings. The van der Waals surface area contributed by atoms with Gasteiger partial charge in [-0.15, -0.1) is 11.3 Å². The van der Waals surface area contributed by atoms with Gasteiger partial charge in [0, 0.05) is 0 Å². The first kappa shape index (κ1) is 16.5. The van der Waals surface area contributed by atoms with Gasteiger partial charge in [-0.25, -0.2) is 9.37 Å². The largest absolute Gasteiger partial charge is 0.324 e. The number of carbonyl (C=O) groups is 1. The van der Waals surface area contributed by atoms with Crippen LogP contribution >= 0.6 is 11.3 Å². The van der Waals surface area contributed by atoms with E-state index in [2.05, 4.69) is 10.3 Å². The molecule has 1 atom stereocenters. The highest BCUT2D eigenvalue weighted by atomic mass is 32.1. The van der Waals surface area contributed by atoms with E-state index in [4.69, 9.17) is 0 Å². The quantitative estimate of drug-likeness (QED) is 0.747. The van der Waals surface area contributed by atoms with Crippen LogP contribution in [-0.2, 0) is 11.3 Å². The first-order chi connectivity index (χ1) is 11.5. The van der Waals surface area contributed by atoms with Gasteiger partial charge in [-0.2, -0.15) is 0 Å². The number of amides is 1. The fourth-order valence-corrected chi connectivity index (χ4v) is 3.59. The lowest BCUT2D eigenvalue weighted by atomic mass is 10.2. The van der Waals surface area contributed by atoms with Crippen LogP contribution in [0, 0.1) is 12.7 Å². The van der Waals surface area contributed by atoms with Gasteiger partial charge >= 0.3 is 0 Å². The molecule has 124 valence electrons. The number of aromatic nitrogens is 1. The number of nitrogens with one attached hydrogen (secondary N) is 2. The number of quaternary nitrogens is 1. The second kappa shape index (κ2) is 7.07. The molecule has 1 heterocycles. The van der Waals surface area contributed by atoms with E-state index < -0.39 is 5.82 Å². The molecule has 3 aromatic rings. The smallest absolute Gasteiger partial charge is 0.279 e. The van der Waals surface area contributed by atoms with E-state index >= 15 is 0 Å². The fraction of sp³-hybridized carbons (Fsp3) is 0.222. The van der Waals surface area contributed by atoms with E-state index in [0.717, 1.165) is 25.7 Å². The molecule has 0 saturated heterocycles. The Labute approximate surface area is 143 Å². The van der Waals surface area contributed by atoms with E-state index in [0.29, 0.717) is 6.54 Å². The molecule has 0 aliphatic carbocycles. The molecule has 0 aliphatic heterocycles. The molecule has 2 aromatic carbocycles. The number of likely N-dealkylation sites (N-methyl/N-ethyl adjacent to an activating group) is 1. The normalized spacial score (nSPS) is 12.3. The number of para-hydroxylation sites is 1. The number of fused-ring (bicyclic) bond motifs is 1. The number of hydrogen-bond donors (Lipinski definition) is 2. The average molecular weight is 344 g/mol. The second-order valence-corrected chi connectivity index (χ2v) is 7.03. The van der Waals surface area contributed by atoms with Crippen molar-refractivity contribution in [3.63, 3.8) is 0 Å². The topological polar surface area (TPSA) is 46.4 Å². The van der Waals surface area contributed by atoms with Crippen LogP contribution in [0.4, 0.5) is 10.1 Å². The average Bonchev–Trinajstić information content (AvgIpc) is 2.91. The van der Waals surface area contributed by atoms with Crippen LogP contribution in [0.25, 0.3) is 10.2 Å². The van der Waals surface area contributed by atoms with Crippen molar-refractivity contribution >= 4 is 33.1 Å². The molecule has 0 saturated carbocycles. The maximum absolute atomic E-state index is 13.8. The summed E-state index contributed by atoms with van der Waals surface area (Å²) in [5.41, 5.74) is 2.03. The number of thiazole rings is 1. The predicted molar refractivity (Wildman–Crippen MR) is 94.8 cm³/mol. The molecule has 0 spiro atoms. The molecule has 6 heteroatoms. The minimum atomic E-state index is -0.410. The minimum Gasteiger partial charge on any atom is -0.324 e. The SMILES string of the molecule is Cc1ccc(NC(=O)C[NH+](C)Cc2nc3ccccc3s2)c(F)c1. The first-order valence-corrected chi connectivity index (χ1v) is 8.54. The zero-order valence-corrected chi connectivity index (χ0v) is 14.4. The molecule has 0 radical (unpaired) electrons. The number of benzene rings is 2. The molecule has 1 aromatic heterocycles. The molecular weight excluding hydrogens is 325 g/mol. The van der Waals surface area contributed by atoms with Crippen molar-refractivity contribution in [3.05, 3.63) is 58.9 Å². The number of halogens is 1. The Morgan fingerprint density at radius 2 is 2.08 bits per heavy atom. The number of nitrogens with zero attached hydrogens (tertiary/aromatic N) is 1. The van der Waals surface area contributed by atoms with Gasteiger partial charge in [0.25, 0.3) is 5.91 Å². The Morgan fingerprint density at radius 3 is 2.83 bits per heavy atom. The number of anilines is 1. The van der Waals surface area contributed by atoms with Crippen molar-refractivity contribution in [1.29, 1.82) is 0 Å². The second-order valence-electron chi connectivity index (χ2n) is 5.92. The highest BCUT2D eigenvalue weighted by molar-refractivity contribution is 7.18. The summed E-state index contributed by atoms with van der Waals surface area (Å²) in [5.74, 6) is -0.622. The summed E-state index contributed by atoms with van der Waals surface area (Å²) in [4.78, 5) is 17.7. The minimum absolute atomic E-state index is 0.212. The molecule has 24 heavy (non-hydrogen) atoms. The van der Waals surface area contributed by atoms with Crippen molar-refractivity contribution < 1.29 is 14.1 Å². The van der Waals surface area contributed by atoms with Crippen LogP contribution in [0.5, 0.6) is 0 Å². The predicted octanol–water partition coefficient (Wildman–Crippen LogP) is 2.40. The van der Waals surface area contributed by atoms with Gasteiger partial charge in [0.15, 0.2) is 6.54 Å². The van der Waals surface area contributed by atoms with Gasteiger partial charge in [-0.3, -0.25) is 4.79 Å². The summed E-state index contributed by atoms with van der Waals surface area (Å²) in [5, 5.41) is 3.62. The maximum Gasteiger partial charge on any atom is 0.279 e. The Hall–Kier alpha value is -2.31. The standard InChI is InChI=1S/C18H18FN3OS/c1-12-7-8-14(13(19)9-12)20-17(23)10-22(2)11-18-21-15-5-3-4-6-16(15)24-18/h3-9H,10-11H2,1-2H3,(H,20,23)/p+1. The molecule has 0 bridgehead atoms. The zero-order valence-electron chi connectivity index (χ0n) is 13.6. The Bertz CT molecular complexity index is 845. The number of aryl methyl sites for hydroxylation is 1. The number of rotatable bonds is 5. The summed E-state index contributed by atoms with van der Waals surface area (Å²) >= 11 is 1.64. The lowest BCUT2D eigenvalue weighted by Crippen LogP contribution is -3.08. The van der Waals surface area contributed by atoms with Gasteiger partial charge in [0.1, 0.15) is 17.4 Å². The highest BCUT2D eigenvalue weighted by Gasteiger charge is 2.14. The Balaban J connectivity index is 1.59. The zero-order chi connectivity index (χ0) is 17.1. The Morgan fingerprint density at radius 1 is 1.29 bits per heavy atom. The molecule has 4 nitrogen and oxygen atoms in total. The van der Waals surface area contributed by atoms with Crippen LogP contribution in [0.1, 0.15) is 10.6 Å². The van der Waals surface area contributed by atoms with Crippen molar-refractivity contribution in [2.45, 2.75) is 13.5 Å². The summed E-state index contributed by atoms with van der Waals surface area (Å²) in [6, 6.07) is 12.8. The van der Waals surface area contributed by atoms with Crippen molar-refractivity contribution in [3.8, 4) is 0 Å². The van der Waals surface area contributed by atoms with Crippen LogP contribution in [0.3, 0.4) is 0 Å². The van der Waals surface area contributed by atoms with Gasteiger partial charge in [-0.1, -0.05) is 18.2 Å². The van der Waals surface area contributed by atoms with Gasteiger partial charge < -0.3 is 10.2 Å². The van der Waals surface area contributed by atoms with Gasteiger partial charge in [0.05, 0.1) is 23.0 Å². The first-order valence-electron chi connectivity index (χ1n) is 7.73. The fourth-order valence-electron chi connectivity index (χ4n) is 2.51. The summed E-state index contributed by atoms with van der Waals surface area (Å²) in [7, 11) is 1.93. The third-order valence-corrected chi connectivity index (χ3v) is 4.69. The molecule has 1 unspecified atom stereocenters. The van der Waals surface area contributed by atoms with E-state index in [-0.39, 0.29) is 18.1 Å².